The first kappa shape index (κ1) is 7.85. The number of thioether (sulfide) groups is 1. The van der Waals surface area contributed by atoms with Crippen LogP contribution in [0.25, 0.3) is 0 Å². The summed E-state index contributed by atoms with van der Waals surface area (Å²) < 4.78 is 0. The zero-order valence-corrected chi connectivity index (χ0v) is 8.16. The molecule has 2 N–H and O–H groups in total. The summed E-state index contributed by atoms with van der Waals surface area (Å²) in [5.41, 5.74) is 1.42. The van der Waals surface area contributed by atoms with Gasteiger partial charge in [0.15, 0.2) is 0 Å². The van der Waals surface area contributed by atoms with Crippen LogP contribution in [-0.2, 0) is 4.99 Å². The molecule has 3 heteroatoms. The number of nitrogens with one attached hydrogen (secondary N) is 2. The van der Waals surface area contributed by atoms with Gasteiger partial charge in [-0.25, -0.2) is 0 Å². The van der Waals surface area contributed by atoms with Gasteiger partial charge in [-0.2, -0.15) is 0 Å². The zero-order valence-electron chi connectivity index (χ0n) is 7.34. The molecule has 0 radical (unpaired) electrons. The lowest BCUT2D eigenvalue weighted by molar-refractivity contribution is 0.323. The minimum atomic E-state index is 0.0504. The standard InChI is InChI=1S/C10H12N2S/c1-2-5-9-8(4-1)10(13-9)11-6-3-7-12-10/h1-2,4-5,11-12H,3,6-7H2. The van der Waals surface area contributed by atoms with Crippen LogP contribution in [0.1, 0.15) is 12.0 Å². The van der Waals surface area contributed by atoms with Gasteiger partial charge in [0.1, 0.15) is 4.99 Å². The Bertz CT molecular complexity index is 331. The van der Waals surface area contributed by atoms with Gasteiger partial charge < -0.3 is 0 Å². The minimum absolute atomic E-state index is 0.0504. The van der Waals surface area contributed by atoms with Crippen LogP contribution in [0, 0.1) is 0 Å². The van der Waals surface area contributed by atoms with Crippen molar-refractivity contribution >= 4 is 11.8 Å². The van der Waals surface area contributed by atoms with Crippen LogP contribution in [0.3, 0.4) is 0 Å². The maximum absolute atomic E-state index is 3.54. The fourth-order valence-corrected chi connectivity index (χ4v) is 3.25. The third-order valence-electron chi connectivity index (χ3n) is 2.63. The van der Waals surface area contributed by atoms with E-state index in [1.807, 2.05) is 11.8 Å². The zero-order chi connectivity index (χ0) is 8.73. The molecule has 1 saturated heterocycles. The highest BCUT2D eigenvalue weighted by Gasteiger charge is 2.43. The maximum Gasteiger partial charge on any atom is 0.149 e. The molecule has 2 nitrogen and oxygen atoms in total. The van der Waals surface area contributed by atoms with Gasteiger partial charge in [0, 0.05) is 10.5 Å². The summed E-state index contributed by atoms with van der Waals surface area (Å²) in [6, 6.07) is 8.60. The highest BCUT2D eigenvalue weighted by atomic mass is 32.2. The molecular weight excluding hydrogens is 180 g/mol. The van der Waals surface area contributed by atoms with E-state index in [4.69, 9.17) is 0 Å². The second kappa shape index (κ2) is 2.74. The number of fused-ring (bicyclic) bond motifs is 2. The van der Waals surface area contributed by atoms with Crippen LogP contribution in [0.5, 0.6) is 0 Å². The smallest absolute Gasteiger partial charge is 0.149 e. The van der Waals surface area contributed by atoms with Gasteiger partial charge >= 0.3 is 0 Å². The van der Waals surface area contributed by atoms with Crippen molar-refractivity contribution in [2.75, 3.05) is 13.1 Å². The van der Waals surface area contributed by atoms with Crippen molar-refractivity contribution in [3.8, 4) is 0 Å². The van der Waals surface area contributed by atoms with E-state index in [1.165, 1.54) is 16.9 Å². The second-order valence-electron chi connectivity index (χ2n) is 3.49. The molecule has 0 unspecified atom stereocenters. The molecule has 0 aromatic heterocycles. The van der Waals surface area contributed by atoms with Crippen molar-refractivity contribution < 1.29 is 0 Å². The molecule has 0 saturated carbocycles. The van der Waals surface area contributed by atoms with Crippen molar-refractivity contribution in [3.05, 3.63) is 29.8 Å². The van der Waals surface area contributed by atoms with E-state index in [0.29, 0.717) is 0 Å². The predicted molar refractivity (Wildman–Crippen MR) is 54.6 cm³/mol. The van der Waals surface area contributed by atoms with E-state index < -0.39 is 0 Å². The van der Waals surface area contributed by atoms with Crippen molar-refractivity contribution in [1.82, 2.24) is 10.6 Å². The van der Waals surface area contributed by atoms with Crippen LogP contribution in [0.15, 0.2) is 29.2 Å². The molecule has 1 fully saturated rings. The van der Waals surface area contributed by atoms with Crippen LogP contribution in [-0.4, -0.2) is 13.1 Å². The molecule has 0 aliphatic carbocycles. The molecular formula is C10H12N2S. The number of hydrogen-bond acceptors (Lipinski definition) is 3. The molecule has 68 valence electrons. The largest absolute Gasteiger partial charge is 0.287 e. The summed E-state index contributed by atoms with van der Waals surface area (Å²) in [4.78, 5) is 1.46. The summed E-state index contributed by atoms with van der Waals surface area (Å²) >= 11 is 1.90. The topological polar surface area (TPSA) is 24.1 Å². The van der Waals surface area contributed by atoms with E-state index in [-0.39, 0.29) is 4.99 Å². The second-order valence-corrected chi connectivity index (χ2v) is 4.74. The average Bonchev–Trinajstić information content (AvgIpc) is 2.18. The summed E-state index contributed by atoms with van der Waals surface area (Å²) in [7, 11) is 0. The highest BCUT2D eigenvalue weighted by Crippen LogP contribution is 2.51. The highest BCUT2D eigenvalue weighted by molar-refractivity contribution is 8.01. The SMILES string of the molecule is c1ccc2c(c1)SC21NCCCN1. The van der Waals surface area contributed by atoms with Gasteiger partial charge in [0.2, 0.25) is 0 Å². The Labute approximate surface area is 82.1 Å². The first-order chi connectivity index (χ1) is 6.41. The van der Waals surface area contributed by atoms with Gasteiger partial charge in [-0.3, -0.25) is 10.6 Å². The molecule has 1 aromatic rings. The van der Waals surface area contributed by atoms with Gasteiger partial charge in [-0.15, -0.1) is 0 Å². The van der Waals surface area contributed by atoms with Crippen molar-refractivity contribution in [2.45, 2.75) is 16.3 Å². The molecule has 3 rings (SSSR count). The Kier molecular flexibility index (Phi) is 1.65. The molecule has 0 amide bonds. The summed E-state index contributed by atoms with van der Waals surface area (Å²) in [6.45, 7) is 2.24. The Balaban J connectivity index is 1.97. The molecule has 2 aliphatic heterocycles. The van der Waals surface area contributed by atoms with Crippen LogP contribution in [0.2, 0.25) is 0 Å². The fourth-order valence-electron chi connectivity index (χ4n) is 1.96. The summed E-state index contributed by atoms with van der Waals surface area (Å²) in [5, 5.41) is 7.08. The molecule has 2 heterocycles. The van der Waals surface area contributed by atoms with Gasteiger partial charge in [0.05, 0.1) is 0 Å². The quantitative estimate of drug-likeness (QED) is 0.651. The van der Waals surface area contributed by atoms with E-state index in [1.54, 1.807) is 0 Å². The lowest BCUT2D eigenvalue weighted by Crippen LogP contribution is -2.59. The Morgan fingerprint density at radius 1 is 1.15 bits per heavy atom. The minimum Gasteiger partial charge on any atom is -0.287 e. The lowest BCUT2D eigenvalue weighted by Gasteiger charge is -2.46. The summed E-state index contributed by atoms with van der Waals surface area (Å²) in [5.74, 6) is 0. The number of benzene rings is 1. The number of rotatable bonds is 0. The molecule has 1 aromatic carbocycles. The van der Waals surface area contributed by atoms with Crippen LogP contribution < -0.4 is 10.6 Å². The number of hydrogen-bond donors (Lipinski definition) is 2. The van der Waals surface area contributed by atoms with Crippen molar-refractivity contribution in [1.29, 1.82) is 0 Å². The molecule has 0 atom stereocenters. The Morgan fingerprint density at radius 2 is 1.92 bits per heavy atom. The molecule has 13 heavy (non-hydrogen) atoms. The van der Waals surface area contributed by atoms with E-state index >= 15 is 0 Å². The summed E-state index contributed by atoms with van der Waals surface area (Å²) in [6.07, 6.45) is 1.23. The molecule has 0 bridgehead atoms. The average molecular weight is 192 g/mol. The van der Waals surface area contributed by atoms with Crippen molar-refractivity contribution in [2.24, 2.45) is 0 Å². The molecule has 1 spiro atoms. The third-order valence-corrected chi connectivity index (χ3v) is 4.02. The third kappa shape index (κ3) is 1.04. The first-order valence-electron chi connectivity index (χ1n) is 4.69. The fraction of sp³-hybridized carbons (Fsp3) is 0.400. The van der Waals surface area contributed by atoms with Gasteiger partial charge in [0.25, 0.3) is 0 Å². The van der Waals surface area contributed by atoms with E-state index in [9.17, 15) is 0 Å². The first-order valence-corrected chi connectivity index (χ1v) is 5.51. The maximum atomic E-state index is 3.54. The Morgan fingerprint density at radius 3 is 2.69 bits per heavy atom. The lowest BCUT2D eigenvalue weighted by atomic mass is 10.1. The Hall–Kier alpha value is -0.510. The van der Waals surface area contributed by atoms with E-state index in [2.05, 4.69) is 34.9 Å². The predicted octanol–water partition coefficient (Wildman–Crippen LogP) is 1.49. The van der Waals surface area contributed by atoms with E-state index in [0.717, 1.165) is 13.1 Å². The van der Waals surface area contributed by atoms with Crippen LogP contribution >= 0.6 is 11.8 Å². The molecule has 2 aliphatic rings. The van der Waals surface area contributed by atoms with Crippen molar-refractivity contribution in [3.63, 3.8) is 0 Å². The monoisotopic (exact) mass is 192 g/mol. The van der Waals surface area contributed by atoms with Gasteiger partial charge in [-0.05, 0) is 25.6 Å². The normalized spacial score (nSPS) is 23.7. The van der Waals surface area contributed by atoms with Crippen LogP contribution in [0.4, 0.5) is 0 Å². The van der Waals surface area contributed by atoms with Gasteiger partial charge in [-0.1, -0.05) is 30.0 Å².